The van der Waals surface area contributed by atoms with Gasteiger partial charge in [0, 0.05) is 4.88 Å². The second kappa shape index (κ2) is 5.64. The van der Waals surface area contributed by atoms with Crippen molar-refractivity contribution in [3.63, 3.8) is 0 Å². The zero-order chi connectivity index (χ0) is 16.0. The van der Waals surface area contributed by atoms with E-state index in [4.69, 9.17) is 0 Å². The van der Waals surface area contributed by atoms with Gasteiger partial charge in [0.25, 0.3) is 5.91 Å². The maximum atomic E-state index is 13.1. The Morgan fingerprint density at radius 3 is 2.78 bits per heavy atom. The Morgan fingerprint density at radius 1 is 1.26 bits per heavy atom. The zero-order valence-corrected chi connectivity index (χ0v) is 13.8. The Bertz CT molecular complexity index is 753. The molecule has 3 nitrogen and oxygen atoms in total. The summed E-state index contributed by atoms with van der Waals surface area (Å²) < 4.78 is 13.1. The molecule has 0 saturated heterocycles. The van der Waals surface area contributed by atoms with Crippen LogP contribution in [0, 0.1) is 11.7 Å². The quantitative estimate of drug-likeness (QED) is 0.864. The first kappa shape index (κ1) is 14.7. The average molecular weight is 330 g/mol. The number of fused-ring (bicyclic) bond motifs is 3. The average Bonchev–Trinajstić information content (AvgIpc) is 2.93. The molecule has 0 bridgehead atoms. The molecule has 5 heteroatoms. The van der Waals surface area contributed by atoms with Gasteiger partial charge in [0.2, 0.25) is 0 Å². The summed E-state index contributed by atoms with van der Waals surface area (Å²) in [6, 6.07) is 6.26. The lowest BCUT2D eigenvalue weighted by molar-refractivity contribution is 0.0935. The predicted molar refractivity (Wildman–Crippen MR) is 90.4 cm³/mol. The molecule has 1 aliphatic heterocycles. The maximum absolute atomic E-state index is 13.1. The number of anilines is 1. The SMILES string of the molecule is CC[C@@H]1CCc2c(sc3c2C(=O)N[C@H](c2ccc(F)cc2)N3)C1. The van der Waals surface area contributed by atoms with E-state index in [0.29, 0.717) is 0 Å². The highest BCUT2D eigenvalue weighted by Gasteiger charge is 2.33. The van der Waals surface area contributed by atoms with Crippen molar-refractivity contribution in [3.05, 3.63) is 51.7 Å². The monoisotopic (exact) mass is 330 g/mol. The molecule has 2 aromatic rings. The first-order chi connectivity index (χ1) is 11.2. The fourth-order valence-corrected chi connectivity index (χ4v) is 4.92. The van der Waals surface area contributed by atoms with Gasteiger partial charge in [0.1, 0.15) is 17.0 Å². The Labute approximate surface area is 138 Å². The van der Waals surface area contributed by atoms with Gasteiger partial charge in [-0.15, -0.1) is 11.3 Å². The number of nitrogens with one attached hydrogen (secondary N) is 2. The molecule has 0 fully saturated rings. The van der Waals surface area contributed by atoms with E-state index >= 15 is 0 Å². The van der Waals surface area contributed by atoms with E-state index in [0.717, 1.165) is 34.9 Å². The van der Waals surface area contributed by atoms with Crippen molar-refractivity contribution >= 4 is 22.2 Å². The van der Waals surface area contributed by atoms with Gasteiger partial charge in [-0.05, 0) is 48.4 Å². The van der Waals surface area contributed by atoms with E-state index in [-0.39, 0.29) is 17.9 Å². The van der Waals surface area contributed by atoms with Crippen molar-refractivity contribution in [3.8, 4) is 0 Å². The van der Waals surface area contributed by atoms with E-state index in [9.17, 15) is 9.18 Å². The molecule has 0 radical (unpaired) electrons. The van der Waals surface area contributed by atoms with E-state index < -0.39 is 0 Å². The lowest BCUT2D eigenvalue weighted by Gasteiger charge is -2.27. The van der Waals surface area contributed by atoms with Crippen molar-refractivity contribution < 1.29 is 9.18 Å². The number of carbonyl (C=O) groups is 1. The molecule has 120 valence electrons. The molecule has 0 unspecified atom stereocenters. The molecule has 23 heavy (non-hydrogen) atoms. The fraction of sp³-hybridized carbons (Fsp3) is 0.389. The standard InChI is InChI=1S/C18H19FN2OS/c1-2-10-3-8-13-14(9-10)23-18-15(13)17(22)20-16(21-18)11-4-6-12(19)7-5-11/h4-7,10,16,21H,2-3,8-9H2,1H3,(H,20,22)/t10-,16+/m1/s1. The molecule has 2 aliphatic rings. The molecule has 1 aromatic heterocycles. The Hall–Kier alpha value is -1.88. The summed E-state index contributed by atoms with van der Waals surface area (Å²) in [6.07, 6.45) is 4.15. The first-order valence-electron chi connectivity index (χ1n) is 8.13. The smallest absolute Gasteiger partial charge is 0.256 e. The van der Waals surface area contributed by atoms with E-state index in [1.165, 1.54) is 35.4 Å². The van der Waals surface area contributed by atoms with Crippen LogP contribution in [0.15, 0.2) is 24.3 Å². The summed E-state index contributed by atoms with van der Waals surface area (Å²) in [5.41, 5.74) is 2.93. The number of halogens is 1. The lowest BCUT2D eigenvalue weighted by Crippen LogP contribution is -2.38. The molecule has 1 aliphatic carbocycles. The molecule has 1 aromatic carbocycles. The minimum atomic E-state index is -0.294. The Kier molecular flexibility index (Phi) is 3.60. The highest BCUT2D eigenvalue weighted by molar-refractivity contribution is 7.16. The molecule has 2 heterocycles. The summed E-state index contributed by atoms with van der Waals surface area (Å²) in [5, 5.41) is 7.38. The first-order valence-corrected chi connectivity index (χ1v) is 8.94. The molecule has 0 saturated carbocycles. The molecule has 0 spiro atoms. The van der Waals surface area contributed by atoms with E-state index in [1.807, 2.05) is 0 Å². The number of thiophene rings is 1. The number of hydrogen-bond donors (Lipinski definition) is 2. The molecular weight excluding hydrogens is 311 g/mol. The summed E-state index contributed by atoms with van der Waals surface area (Å²) >= 11 is 1.72. The topological polar surface area (TPSA) is 41.1 Å². The second-order valence-electron chi connectivity index (χ2n) is 6.33. The normalized spacial score (nSPS) is 22.8. The van der Waals surface area contributed by atoms with Crippen molar-refractivity contribution in [2.45, 2.75) is 38.8 Å². The Balaban J connectivity index is 1.66. The van der Waals surface area contributed by atoms with Crippen LogP contribution in [-0.4, -0.2) is 5.91 Å². The van der Waals surface area contributed by atoms with Crippen LogP contribution < -0.4 is 10.6 Å². The van der Waals surface area contributed by atoms with Crippen LogP contribution in [0.2, 0.25) is 0 Å². The van der Waals surface area contributed by atoms with Crippen LogP contribution in [-0.2, 0) is 12.8 Å². The highest BCUT2D eigenvalue weighted by Crippen LogP contribution is 2.43. The van der Waals surface area contributed by atoms with Gasteiger partial charge in [0.15, 0.2) is 0 Å². The number of rotatable bonds is 2. The molecule has 1 amide bonds. The molecule has 2 N–H and O–H groups in total. The van der Waals surface area contributed by atoms with E-state index in [1.54, 1.807) is 23.5 Å². The van der Waals surface area contributed by atoms with Gasteiger partial charge < -0.3 is 10.6 Å². The highest BCUT2D eigenvalue weighted by atomic mass is 32.1. The van der Waals surface area contributed by atoms with Crippen LogP contribution in [0.25, 0.3) is 0 Å². The van der Waals surface area contributed by atoms with Crippen LogP contribution in [0.1, 0.15) is 52.3 Å². The zero-order valence-electron chi connectivity index (χ0n) is 13.0. The Morgan fingerprint density at radius 2 is 2.04 bits per heavy atom. The van der Waals surface area contributed by atoms with Crippen LogP contribution in [0.4, 0.5) is 9.39 Å². The summed E-state index contributed by atoms with van der Waals surface area (Å²) in [7, 11) is 0. The van der Waals surface area contributed by atoms with Gasteiger partial charge in [-0.2, -0.15) is 0 Å². The third-order valence-corrected chi connectivity index (χ3v) is 6.11. The second-order valence-corrected chi connectivity index (χ2v) is 7.43. The van der Waals surface area contributed by atoms with Gasteiger partial charge in [-0.25, -0.2) is 4.39 Å². The number of carbonyl (C=O) groups excluding carboxylic acids is 1. The van der Waals surface area contributed by atoms with Gasteiger partial charge in [-0.3, -0.25) is 4.79 Å². The number of amides is 1. The van der Waals surface area contributed by atoms with Gasteiger partial charge in [0.05, 0.1) is 5.56 Å². The third kappa shape index (κ3) is 2.53. The van der Waals surface area contributed by atoms with Crippen LogP contribution >= 0.6 is 11.3 Å². The van der Waals surface area contributed by atoms with Gasteiger partial charge in [-0.1, -0.05) is 25.5 Å². The summed E-state index contributed by atoms with van der Waals surface area (Å²) in [6.45, 7) is 2.23. The third-order valence-electron chi connectivity index (χ3n) is 4.93. The molecular formula is C18H19FN2OS. The van der Waals surface area contributed by atoms with Crippen LogP contribution in [0.3, 0.4) is 0 Å². The van der Waals surface area contributed by atoms with Crippen molar-refractivity contribution in [2.75, 3.05) is 5.32 Å². The summed E-state index contributed by atoms with van der Waals surface area (Å²) in [4.78, 5) is 14.0. The predicted octanol–water partition coefficient (Wildman–Crippen LogP) is 4.26. The van der Waals surface area contributed by atoms with Crippen molar-refractivity contribution in [1.29, 1.82) is 0 Å². The fourth-order valence-electron chi connectivity index (χ4n) is 3.54. The number of hydrogen-bond acceptors (Lipinski definition) is 3. The van der Waals surface area contributed by atoms with E-state index in [2.05, 4.69) is 17.6 Å². The maximum Gasteiger partial charge on any atom is 0.256 e. The largest absolute Gasteiger partial charge is 0.353 e. The lowest BCUT2D eigenvalue weighted by atomic mass is 9.85. The minimum absolute atomic E-state index is 0.0134. The van der Waals surface area contributed by atoms with Gasteiger partial charge >= 0.3 is 0 Å². The summed E-state index contributed by atoms with van der Waals surface area (Å²) in [5.74, 6) is 0.452. The van der Waals surface area contributed by atoms with Crippen LogP contribution in [0.5, 0.6) is 0 Å². The van der Waals surface area contributed by atoms with Crippen molar-refractivity contribution in [2.24, 2.45) is 5.92 Å². The number of benzene rings is 1. The molecule has 2 atom stereocenters. The molecule has 4 rings (SSSR count). The minimum Gasteiger partial charge on any atom is -0.353 e. The van der Waals surface area contributed by atoms with Crippen molar-refractivity contribution in [1.82, 2.24) is 5.32 Å².